The maximum Gasteiger partial charge on any atom is 0.308 e. The van der Waals surface area contributed by atoms with E-state index < -0.39 is 11.9 Å². The Labute approximate surface area is 127 Å². The standard InChI is InChI=1S/C16H28N2O3/c1-12(2)14(17-8-4-3-5-9-17)15(19)18-10-6-7-13(11-18)16(20)21/h12-14H,3-11H2,1-2H3,(H,20,21). The van der Waals surface area contributed by atoms with Crippen molar-refractivity contribution in [1.82, 2.24) is 9.80 Å². The summed E-state index contributed by atoms with van der Waals surface area (Å²) in [5.41, 5.74) is 0. The van der Waals surface area contributed by atoms with Gasteiger partial charge in [0.2, 0.25) is 5.91 Å². The molecule has 5 nitrogen and oxygen atoms in total. The van der Waals surface area contributed by atoms with E-state index in [9.17, 15) is 14.7 Å². The molecule has 1 N–H and O–H groups in total. The predicted molar refractivity (Wildman–Crippen MR) is 81.0 cm³/mol. The summed E-state index contributed by atoms with van der Waals surface area (Å²) in [5.74, 6) is -0.762. The molecule has 2 fully saturated rings. The number of carboxylic acids is 1. The number of amides is 1. The molecule has 0 radical (unpaired) electrons. The molecule has 5 heteroatoms. The molecule has 2 saturated heterocycles. The lowest BCUT2D eigenvalue weighted by Crippen LogP contribution is -2.55. The Kier molecular flexibility index (Phi) is 5.62. The van der Waals surface area contributed by atoms with E-state index in [2.05, 4.69) is 18.7 Å². The van der Waals surface area contributed by atoms with Gasteiger partial charge in [0.05, 0.1) is 12.0 Å². The third-order valence-electron chi connectivity index (χ3n) is 4.75. The van der Waals surface area contributed by atoms with Gasteiger partial charge in [-0.15, -0.1) is 0 Å². The van der Waals surface area contributed by atoms with Gasteiger partial charge in [-0.05, 0) is 44.7 Å². The topological polar surface area (TPSA) is 60.9 Å². The summed E-state index contributed by atoms with van der Waals surface area (Å²) in [6, 6.07) is -0.0853. The molecule has 2 aliphatic rings. The van der Waals surface area contributed by atoms with Crippen LogP contribution in [0.25, 0.3) is 0 Å². The average Bonchev–Trinajstić information content (AvgIpc) is 2.48. The maximum atomic E-state index is 12.9. The van der Waals surface area contributed by atoms with Crippen LogP contribution >= 0.6 is 0 Å². The molecular weight excluding hydrogens is 268 g/mol. The molecule has 0 bridgehead atoms. The van der Waals surface area contributed by atoms with Crippen molar-refractivity contribution in [1.29, 1.82) is 0 Å². The summed E-state index contributed by atoms with van der Waals surface area (Å²) in [4.78, 5) is 28.2. The fourth-order valence-electron chi connectivity index (χ4n) is 3.63. The van der Waals surface area contributed by atoms with E-state index in [1.165, 1.54) is 6.42 Å². The first-order valence-corrected chi connectivity index (χ1v) is 8.26. The van der Waals surface area contributed by atoms with E-state index in [4.69, 9.17) is 0 Å². The van der Waals surface area contributed by atoms with E-state index in [1.54, 1.807) is 4.90 Å². The van der Waals surface area contributed by atoms with E-state index in [-0.39, 0.29) is 17.9 Å². The Morgan fingerprint density at radius 1 is 1.05 bits per heavy atom. The zero-order valence-corrected chi connectivity index (χ0v) is 13.3. The molecule has 1 amide bonds. The Hall–Kier alpha value is -1.10. The van der Waals surface area contributed by atoms with Crippen molar-refractivity contribution in [3.8, 4) is 0 Å². The Bertz CT molecular complexity index is 378. The molecule has 21 heavy (non-hydrogen) atoms. The van der Waals surface area contributed by atoms with Crippen molar-refractivity contribution in [2.45, 2.75) is 52.0 Å². The zero-order valence-electron chi connectivity index (χ0n) is 13.3. The van der Waals surface area contributed by atoms with Crippen LogP contribution in [0.3, 0.4) is 0 Å². The molecule has 0 spiro atoms. The highest BCUT2D eigenvalue weighted by Crippen LogP contribution is 2.23. The SMILES string of the molecule is CC(C)C(C(=O)N1CCCC(C(=O)O)C1)N1CCCCC1. The quantitative estimate of drug-likeness (QED) is 0.859. The third-order valence-corrected chi connectivity index (χ3v) is 4.75. The van der Waals surface area contributed by atoms with Crippen LogP contribution in [0.15, 0.2) is 0 Å². The number of carbonyl (C=O) groups is 2. The third kappa shape index (κ3) is 3.96. The van der Waals surface area contributed by atoms with Crippen molar-refractivity contribution >= 4 is 11.9 Å². The number of piperidine rings is 2. The van der Waals surface area contributed by atoms with Gasteiger partial charge in [0.25, 0.3) is 0 Å². The van der Waals surface area contributed by atoms with Crippen LogP contribution in [-0.2, 0) is 9.59 Å². The summed E-state index contributed by atoms with van der Waals surface area (Å²) in [6.45, 7) is 7.26. The van der Waals surface area contributed by atoms with Gasteiger partial charge in [-0.3, -0.25) is 14.5 Å². The molecule has 0 aliphatic carbocycles. The van der Waals surface area contributed by atoms with Crippen LogP contribution in [-0.4, -0.2) is 59.0 Å². The van der Waals surface area contributed by atoms with Crippen LogP contribution in [0.1, 0.15) is 46.0 Å². The minimum atomic E-state index is -0.772. The Balaban J connectivity index is 2.05. The number of aliphatic carboxylic acids is 1. The molecular formula is C16H28N2O3. The average molecular weight is 296 g/mol. The number of hydrogen-bond acceptors (Lipinski definition) is 3. The van der Waals surface area contributed by atoms with Gasteiger partial charge >= 0.3 is 5.97 Å². The minimum absolute atomic E-state index is 0.0853. The number of likely N-dealkylation sites (tertiary alicyclic amines) is 2. The number of rotatable bonds is 4. The lowest BCUT2D eigenvalue weighted by molar-refractivity contribution is -0.148. The second-order valence-electron chi connectivity index (χ2n) is 6.75. The lowest BCUT2D eigenvalue weighted by atomic mass is 9.94. The monoisotopic (exact) mass is 296 g/mol. The highest BCUT2D eigenvalue weighted by Gasteiger charge is 2.36. The largest absolute Gasteiger partial charge is 0.481 e. The predicted octanol–water partition coefficient (Wildman–Crippen LogP) is 1.82. The highest BCUT2D eigenvalue weighted by molar-refractivity contribution is 5.83. The van der Waals surface area contributed by atoms with Crippen LogP contribution in [0.4, 0.5) is 0 Å². The Morgan fingerprint density at radius 3 is 2.29 bits per heavy atom. The highest BCUT2D eigenvalue weighted by atomic mass is 16.4. The van der Waals surface area contributed by atoms with E-state index in [0.717, 1.165) is 32.4 Å². The smallest absolute Gasteiger partial charge is 0.308 e. The number of hydrogen-bond donors (Lipinski definition) is 1. The van der Waals surface area contributed by atoms with Crippen molar-refractivity contribution in [3.63, 3.8) is 0 Å². The summed E-state index contributed by atoms with van der Waals surface area (Å²) in [7, 11) is 0. The van der Waals surface area contributed by atoms with E-state index >= 15 is 0 Å². The van der Waals surface area contributed by atoms with Gasteiger partial charge in [-0.2, -0.15) is 0 Å². The summed E-state index contributed by atoms with van der Waals surface area (Å²) < 4.78 is 0. The molecule has 2 atom stereocenters. The maximum absolute atomic E-state index is 12.9. The minimum Gasteiger partial charge on any atom is -0.481 e. The van der Waals surface area contributed by atoms with E-state index in [1.807, 2.05) is 0 Å². The van der Waals surface area contributed by atoms with Crippen molar-refractivity contribution in [2.24, 2.45) is 11.8 Å². The number of nitrogens with zero attached hydrogens (tertiary/aromatic N) is 2. The zero-order chi connectivity index (χ0) is 15.4. The molecule has 0 saturated carbocycles. The summed E-state index contributed by atoms with van der Waals surface area (Å²) in [6.07, 6.45) is 5.06. The molecule has 2 aliphatic heterocycles. The molecule has 2 unspecified atom stereocenters. The van der Waals surface area contributed by atoms with Gasteiger partial charge in [0, 0.05) is 13.1 Å². The van der Waals surface area contributed by atoms with Gasteiger partial charge in [0.15, 0.2) is 0 Å². The van der Waals surface area contributed by atoms with Crippen molar-refractivity contribution in [3.05, 3.63) is 0 Å². The fraction of sp³-hybridized carbons (Fsp3) is 0.875. The summed E-state index contributed by atoms with van der Waals surface area (Å²) in [5, 5.41) is 9.19. The Morgan fingerprint density at radius 2 is 1.71 bits per heavy atom. The molecule has 2 rings (SSSR count). The molecule has 0 aromatic carbocycles. The number of carbonyl (C=O) groups excluding carboxylic acids is 1. The first-order chi connectivity index (χ1) is 10.0. The summed E-state index contributed by atoms with van der Waals surface area (Å²) >= 11 is 0. The second-order valence-corrected chi connectivity index (χ2v) is 6.75. The van der Waals surface area contributed by atoms with Crippen LogP contribution < -0.4 is 0 Å². The first kappa shape index (κ1) is 16.3. The fourth-order valence-corrected chi connectivity index (χ4v) is 3.63. The molecule has 2 heterocycles. The van der Waals surface area contributed by atoms with Crippen molar-refractivity contribution in [2.75, 3.05) is 26.2 Å². The normalized spacial score (nSPS) is 25.9. The lowest BCUT2D eigenvalue weighted by Gasteiger charge is -2.40. The van der Waals surface area contributed by atoms with Crippen LogP contribution in [0.5, 0.6) is 0 Å². The number of carboxylic acid groups (broad SMARTS) is 1. The van der Waals surface area contributed by atoms with Crippen LogP contribution in [0.2, 0.25) is 0 Å². The van der Waals surface area contributed by atoms with Gasteiger partial charge in [0.1, 0.15) is 0 Å². The van der Waals surface area contributed by atoms with Gasteiger partial charge < -0.3 is 10.0 Å². The molecule has 0 aromatic rings. The van der Waals surface area contributed by atoms with E-state index in [0.29, 0.717) is 19.5 Å². The van der Waals surface area contributed by atoms with Gasteiger partial charge in [-0.25, -0.2) is 0 Å². The molecule has 0 aromatic heterocycles. The first-order valence-electron chi connectivity index (χ1n) is 8.26. The second kappa shape index (κ2) is 7.25. The van der Waals surface area contributed by atoms with Crippen LogP contribution in [0, 0.1) is 11.8 Å². The van der Waals surface area contributed by atoms with Crippen molar-refractivity contribution < 1.29 is 14.7 Å². The molecule has 120 valence electrons. The van der Waals surface area contributed by atoms with Gasteiger partial charge in [-0.1, -0.05) is 20.3 Å².